The lowest BCUT2D eigenvalue weighted by Gasteiger charge is -2.34. The minimum absolute atomic E-state index is 0.0365. The second kappa shape index (κ2) is 9.04. The number of nitrogens with zero attached hydrogens (tertiary/aromatic N) is 2. The average molecular weight is 408 g/mol. The topological polar surface area (TPSA) is 35.6 Å². The number of piperidine rings is 1. The Morgan fingerprint density at radius 2 is 1.80 bits per heavy atom. The van der Waals surface area contributed by atoms with Gasteiger partial charge in [-0.3, -0.25) is 0 Å². The summed E-state index contributed by atoms with van der Waals surface area (Å²) in [6.07, 6.45) is 7.75. The van der Waals surface area contributed by atoms with Gasteiger partial charge in [-0.25, -0.2) is 4.79 Å². The highest BCUT2D eigenvalue weighted by Gasteiger charge is 2.24. The van der Waals surface area contributed by atoms with Crippen molar-refractivity contribution in [1.82, 2.24) is 9.80 Å². The Labute approximate surface area is 160 Å². The molecule has 25 heavy (non-hydrogen) atoms. The van der Waals surface area contributed by atoms with Crippen molar-refractivity contribution < 1.29 is 4.79 Å². The van der Waals surface area contributed by atoms with Crippen molar-refractivity contribution in [3.8, 4) is 0 Å². The molecule has 5 heteroatoms. The fraction of sp³-hybridized carbons (Fsp3) is 0.650. The van der Waals surface area contributed by atoms with Crippen LogP contribution in [0.15, 0.2) is 22.7 Å². The van der Waals surface area contributed by atoms with Crippen LogP contribution in [0.5, 0.6) is 0 Å². The van der Waals surface area contributed by atoms with Gasteiger partial charge in [0.15, 0.2) is 0 Å². The molecule has 0 aromatic heterocycles. The van der Waals surface area contributed by atoms with Crippen molar-refractivity contribution in [2.24, 2.45) is 5.92 Å². The van der Waals surface area contributed by atoms with Crippen molar-refractivity contribution in [2.75, 3.05) is 38.0 Å². The summed E-state index contributed by atoms with van der Waals surface area (Å²) in [6.45, 7) is 7.52. The molecule has 0 aliphatic carbocycles. The van der Waals surface area contributed by atoms with Crippen LogP contribution in [0.3, 0.4) is 0 Å². The van der Waals surface area contributed by atoms with Gasteiger partial charge in [0, 0.05) is 29.8 Å². The highest BCUT2D eigenvalue weighted by Crippen LogP contribution is 2.23. The molecular weight excluding hydrogens is 378 g/mol. The van der Waals surface area contributed by atoms with Crippen LogP contribution >= 0.6 is 15.9 Å². The minimum atomic E-state index is 0.0365. The summed E-state index contributed by atoms with van der Waals surface area (Å²) >= 11 is 3.47. The number of halogens is 1. The Hall–Kier alpha value is -1.07. The minimum Gasteiger partial charge on any atom is -0.325 e. The molecular formula is C20H30BrN3O. The molecule has 4 nitrogen and oxygen atoms in total. The van der Waals surface area contributed by atoms with E-state index >= 15 is 0 Å². The van der Waals surface area contributed by atoms with Crippen molar-refractivity contribution >= 4 is 27.6 Å². The van der Waals surface area contributed by atoms with E-state index in [1.54, 1.807) is 0 Å². The predicted octanol–water partition coefficient (Wildman–Crippen LogP) is 4.88. The summed E-state index contributed by atoms with van der Waals surface area (Å²) in [7, 11) is 0. The third-order valence-corrected chi connectivity index (χ3v) is 6.05. The third kappa shape index (κ3) is 5.45. The maximum Gasteiger partial charge on any atom is 0.321 e. The average Bonchev–Trinajstić information content (AvgIpc) is 2.87. The lowest BCUT2D eigenvalue weighted by Crippen LogP contribution is -2.43. The first-order valence-electron chi connectivity index (χ1n) is 9.66. The lowest BCUT2D eigenvalue weighted by molar-refractivity contribution is 0.155. The Morgan fingerprint density at radius 3 is 2.48 bits per heavy atom. The van der Waals surface area contributed by atoms with E-state index in [9.17, 15) is 4.79 Å². The number of anilines is 1. The molecule has 0 bridgehead atoms. The Morgan fingerprint density at radius 1 is 1.12 bits per heavy atom. The van der Waals surface area contributed by atoms with Gasteiger partial charge in [-0.1, -0.05) is 34.8 Å². The number of hydrogen-bond acceptors (Lipinski definition) is 2. The largest absolute Gasteiger partial charge is 0.325 e. The molecule has 0 spiro atoms. The van der Waals surface area contributed by atoms with Gasteiger partial charge in [0.05, 0.1) is 0 Å². The van der Waals surface area contributed by atoms with Crippen LogP contribution in [0.2, 0.25) is 0 Å². The van der Waals surface area contributed by atoms with E-state index in [0.717, 1.165) is 47.6 Å². The van der Waals surface area contributed by atoms with E-state index in [1.165, 1.54) is 45.3 Å². The van der Waals surface area contributed by atoms with Crippen LogP contribution in [0, 0.1) is 12.8 Å². The Bertz CT molecular complexity index is 576. The smallest absolute Gasteiger partial charge is 0.321 e. The molecule has 2 aliphatic heterocycles. The molecule has 1 aromatic carbocycles. The molecule has 0 atom stereocenters. The van der Waals surface area contributed by atoms with E-state index < -0.39 is 0 Å². The summed E-state index contributed by atoms with van der Waals surface area (Å²) in [6, 6.07) is 6.03. The van der Waals surface area contributed by atoms with E-state index in [0.29, 0.717) is 0 Å². The number of nitrogens with one attached hydrogen (secondary N) is 1. The van der Waals surface area contributed by atoms with E-state index in [4.69, 9.17) is 0 Å². The van der Waals surface area contributed by atoms with Crippen LogP contribution in [-0.2, 0) is 0 Å². The maximum atomic E-state index is 12.6. The zero-order valence-corrected chi connectivity index (χ0v) is 16.9. The number of carbonyl (C=O) groups excluding carboxylic acids is 1. The summed E-state index contributed by atoms with van der Waals surface area (Å²) < 4.78 is 0.990. The molecule has 1 N–H and O–H groups in total. The molecule has 2 amide bonds. The van der Waals surface area contributed by atoms with E-state index in [1.807, 2.05) is 30.0 Å². The Kier molecular flexibility index (Phi) is 6.77. The summed E-state index contributed by atoms with van der Waals surface area (Å²) in [5.41, 5.74) is 1.98. The molecule has 2 aliphatic rings. The van der Waals surface area contributed by atoms with E-state index in [-0.39, 0.29) is 6.03 Å². The first kappa shape index (κ1) is 18.7. The monoisotopic (exact) mass is 407 g/mol. The molecule has 0 saturated carbocycles. The van der Waals surface area contributed by atoms with Gasteiger partial charge in [0.1, 0.15) is 0 Å². The van der Waals surface area contributed by atoms with Gasteiger partial charge in [0.2, 0.25) is 0 Å². The molecule has 2 heterocycles. The first-order chi connectivity index (χ1) is 12.1. The fourth-order valence-corrected chi connectivity index (χ4v) is 4.29. The van der Waals surface area contributed by atoms with Gasteiger partial charge < -0.3 is 15.1 Å². The van der Waals surface area contributed by atoms with Crippen molar-refractivity contribution in [3.05, 3.63) is 28.2 Å². The standard InChI is InChI=1S/C20H30BrN3O/c1-16-6-7-18(21)14-19(16)22-20(25)24-12-8-17(9-13-24)15-23-10-4-2-3-5-11-23/h6-7,14,17H,2-5,8-13,15H2,1H3,(H,22,25). The van der Waals surface area contributed by atoms with Gasteiger partial charge in [-0.05, 0) is 69.3 Å². The number of urea groups is 1. The Balaban J connectivity index is 1.46. The highest BCUT2D eigenvalue weighted by atomic mass is 79.9. The lowest BCUT2D eigenvalue weighted by atomic mass is 9.96. The zero-order valence-electron chi connectivity index (χ0n) is 15.3. The number of rotatable bonds is 3. The number of carbonyl (C=O) groups is 1. The summed E-state index contributed by atoms with van der Waals surface area (Å²) in [5.74, 6) is 0.745. The number of hydrogen-bond donors (Lipinski definition) is 1. The first-order valence-corrected chi connectivity index (χ1v) is 10.5. The second-order valence-electron chi connectivity index (χ2n) is 7.53. The summed E-state index contributed by atoms with van der Waals surface area (Å²) in [4.78, 5) is 17.2. The van der Waals surface area contributed by atoms with E-state index in [2.05, 4.69) is 26.1 Å². The molecule has 1 aromatic rings. The number of aryl methyl sites for hydroxylation is 1. The number of benzene rings is 1. The van der Waals surface area contributed by atoms with Crippen LogP contribution in [0.1, 0.15) is 44.1 Å². The van der Waals surface area contributed by atoms with Crippen LogP contribution in [0.25, 0.3) is 0 Å². The normalized spacial score (nSPS) is 20.3. The molecule has 3 rings (SSSR count). The van der Waals surface area contributed by atoms with Gasteiger partial charge in [-0.2, -0.15) is 0 Å². The van der Waals surface area contributed by atoms with Crippen molar-refractivity contribution in [1.29, 1.82) is 0 Å². The highest BCUT2D eigenvalue weighted by molar-refractivity contribution is 9.10. The quantitative estimate of drug-likeness (QED) is 0.774. The van der Waals surface area contributed by atoms with Crippen molar-refractivity contribution in [2.45, 2.75) is 45.4 Å². The SMILES string of the molecule is Cc1ccc(Br)cc1NC(=O)N1CCC(CN2CCCCCC2)CC1. The molecule has 2 saturated heterocycles. The summed E-state index contributed by atoms with van der Waals surface area (Å²) in [5, 5.41) is 3.07. The zero-order chi connectivity index (χ0) is 17.6. The molecule has 2 fully saturated rings. The second-order valence-corrected chi connectivity index (χ2v) is 8.45. The number of likely N-dealkylation sites (tertiary alicyclic amines) is 2. The van der Waals surface area contributed by atoms with Crippen molar-refractivity contribution in [3.63, 3.8) is 0 Å². The maximum absolute atomic E-state index is 12.6. The van der Waals surface area contributed by atoms with Gasteiger partial charge in [-0.15, -0.1) is 0 Å². The molecule has 0 unspecified atom stereocenters. The fourth-order valence-electron chi connectivity index (χ4n) is 3.93. The van der Waals surface area contributed by atoms with Gasteiger partial charge in [0.25, 0.3) is 0 Å². The van der Waals surface area contributed by atoms with Crippen LogP contribution in [-0.4, -0.2) is 48.6 Å². The molecule has 138 valence electrons. The van der Waals surface area contributed by atoms with Gasteiger partial charge >= 0.3 is 6.03 Å². The third-order valence-electron chi connectivity index (χ3n) is 5.56. The number of amides is 2. The predicted molar refractivity (Wildman–Crippen MR) is 107 cm³/mol. The van der Waals surface area contributed by atoms with Crippen LogP contribution < -0.4 is 5.32 Å². The van der Waals surface area contributed by atoms with Crippen LogP contribution in [0.4, 0.5) is 10.5 Å². The molecule has 0 radical (unpaired) electrons.